The molecule has 50 valence electrons. The van der Waals surface area contributed by atoms with Gasteiger partial charge in [-0.2, -0.15) is 0 Å². The molecule has 1 rings (SSSR count). The predicted octanol–water partition coefficient (Wildman–Crippen LogP) is 1.14. The molecule has 1 aliphatic carbocycles. The Balaban J connectivity index is 2.83. The summed E-state index contributed by atoms with van der Waals surface area (Å²) in [5, 5.41) is 18.1. The summed E-state index contributed by atoms with van der Waals surface area (Å²) in [6, 6.07) is 0. The van der Waals surface area contributed by atoms with Gasteiger partial charge in [0.1, 0.15) is 5.76 Å². The quantitative estimate of drug-likeness (QED) is 0.511. The fourth-order valence-corrected chi connectivity index (χ4v) is 0.787. The third-order valence-electron chi connectivity index (χ3n) is 1.54. The van der Waals surface area contributed by atoms with Crippen molar-refractivity contribution in [1.29, 1.82) is 0 Å². The molecule has 2 heteroatoms. The number of aliphatic hydroxyl groups excluding tert-OH is 2. The highest BCUT2D eigenvalue weighted by Crippen LogP contribution is 2.16. The van der Waals surface area contributed by atoms with E-state index in [1.807, 2.05) is 0 Å². The second-order valence-corrected chi connectivity index (χ2v) is 2.22. The maximum absolute atomic E-state index is 9.08. The van der Waals surface area contributed by atoms with Gasteiger partial charge in [0.05, 0.1) is 6.10 Å². The third kappa shape index (κ3) is 1.13. The van der Waals surface area contributed by atoms with Crippen LogP contribution in [0.1, 0.15) is 13.3 Å². The Kier molecular flexibility index (Phi) is 1.58. The summed E-state index contributed by atoms with van der Waals surface area (Å²) in [7, 11) is 0. The number of aliphatic hydroxyl groups is 2. The van der Waals surface area contributed by atoms with Crippen molar-refractivity contribution in [3.05, 3.63) is 23.5 Å². The van der Waals surface area contributed by atoms with E-state index in [1.165, 1.54) is 0 Å². The molecule has 0 saturated heterocycles. The number of hydrogen-bond acceptors (Lipinski definition) is 2. The van der Waals surface area contributed by atoms with Crippen LogP contribution in [0, 0.1) is 0 Å². The minimum absolute atomic E-state index is 0.203. The first-order valence-corrected chi connectivity index (χ1v) is 2.96. The molecule has 0 aromatic rings. The van der Waals surface area contributed by atoms with E-state index < -0.39 is 6.10 Å². The topological polar surface area (TPSA) is 40.5 Å². The normalized spacial score (nSPS) is 27.1. The van der Waals surface area contributed by atoms with Crippen LogP contribution >= 0.6 is 0 Å². The molecule has 0 saturated carbocycles. The van der Waals surface area contributed by atoms with Crippen LogP contribution in [0.4, 0.5) is 0 Å². The van der Waals surface area contributed by atoms with Gasteiger partial charge in [0.2, 0.25) is 0 Å². The van der Waals surface area contributed by atoms with Gasteiger partial charge in [-0.25, -0.2) is 0 Å². The van der Waals surface area contributed by atoms with Gasteiger partial charge in [0.15, 0.2) is 0 Å². The minimum Gasteiger partial charge on any atom is -0.508 e. The van der Waals surface area contributed by atoms with E-state index in [-0.39, 0.29) is 5.76 Å². The first kappa shape index (κ1) is 6.36. The second-order valence-electron chi connectivity index (χ2n) is 2.22. The monoisotopic (exact) mass is 126 g/mol. The highest BCUT2D eigenvalue weighted by molar-refractivity contribution is 5.25. The van der Waals surface area contributed by atoms with Crippen molar-refractivity contribution in [3.63, 3.8) is 0 Å². The first-order chi connectivity index (χ1) is 4.22. The summed E-state index contributed by atoms with van der Waals surface area (Å²) in [6.07, 6.45) is 3.51. The molecule has 1 atom stereocenters. The summed E-state index contributed by atoms with van der Waals surface area (Å²) < 4.78 is 0. The molecule has 0 fully saturated rings. The lowest BCUT2D eigenvalue weighted by Crippen LogP contribution is -2.11. The lowest BCUT2D eigenvalue weighted by atomic mass is 10.0. The Morgan fingerprint density at radius 3 is 2.78 bits per heavy atom. The molecule has 0 radical (unpaired) electrons. The van der Waals surface area contributed by atoms with Crippen LogP contribution in [0.2, 0.25) is 0 Å². The Morgan fingerprint density at radius 2 is 2.33 bits per heavy atom. The van der Waals surface area contributed by atoms with Gasteiger partial charge >= 0.3 is 0 Å². The summed E-state index contributed by atoms with van der Waals surface area (Å²) in [5.41, 5.74) is 0.664. The number of hydrogen-bond donors (Lipinski definition) is 2. The fourth-order valence-electron chi connectivity index (χ4n) is 0.787. The van der Waals surface area contributed by atoms with Crippen LogP contribution in [-0.4, -0.2) is 16.3 Å². The Hall–Kier alpha value is -0.760. The van der Waals surface area contributed by atoms with Crippen molar-refractivity contribution in [2.75, 3.05) is 0 Å². The summed E-state index contributed by atoms with van der Waals surface area (Å²) in [5.74, 6) is 0.203. The van der Waals surface area contributed by atoms with Gasteiger partial charge in [-0.1, -0.05) is 6.08 Å². The molecule has 0 heterocycles. The molecular formula is C7H10O2. The molecule has 1 aliphatic rings. The lowest BCUT2D eigenvalue weighted by molar-refractivity contribution is 0.204. The fraction of sp³-hybridized carbons (Fsp3) is 0.429. The number of rotatable bonds is 0. The van der Waals surface area contributed by atoms with Gasteiger partial charge in [0, 0.05) is 0 Å². The van der Waals surface area contributed by atoms with Gasteiger partial charge < -0.3 is 10.2 Å². The van der Waals surface area contributed by atoms with Crippen molar-refractivity contribution in [2.24, 2.45) is 0 Å². The zero-order valence-corrected chi connectivity index (χ0v) is 5.33. The number of allylic oxidation sites excluding steroid dienone is 1. The zero-order chi connectivity index (χ0) is 6.85. The van der Waals surface area contributed by atoms with E-state index in [2.05, 4.69) is 0 Å². The van der Waals surface area contributed by atoms with E-state index in [1.54, 1.807) is 19.1 Å². The van der Waals surface area contributed by atoms with Crippen molar-refractivity contribution in [1.82, 2.24) is 0 Å². The lowest BCUT2D eigenvalue weighted by Gasteiger charge is -2.13. The second kappa shape index (κ2) is 2.23. The molecule has 0 spiro atoms. The summed E-state index contributed by atoms with van der Waals surface area (Å²) in [4.78, 5) is 0. The average molecular weight is 126 g/mol. The Bertz CT molecular complexity index is 168. The van der Waals surface area contributed by atoms with Crippen LogP contribution in [0.3, 0.4) is 0 Å². The Labute approximate surface area is 54.1 Å². The standard InChI is InChI=1S/C7H10O2/c1-5-6(8)3-2-4-7(5)9/h2-3,7-9H,4H2,1H3. The highest BCUT2D eigenvalue weighted by atomic mass is 16.3. The maximum atomic E-state index is 9.08. The van der Waals surface area contributed by atoms with Crippen LogP contribution in [-0.2, 0) is 0 Å². The van der Waals surface area contributed by atoms with Gasteiger partial charge in [0.25, 0.3) is 0 Å². The molecule has 0 aromatic carbocycles. The van der Waals surface area contributed by atoms with Crippen molar-refractivity contribution >= 4 is 0 Å². The molecule has 0 bridgehead atoms. The predicted molar refractivity (Wildman–Crippen MR) is 35.1 cm³/mol. The molecule has 2 N–H and O–H groups in total. The minimum atomic E-state index is -0.477. The maximum Gasteiger partial charge on any atom is 0.116 e. The van der Waals surface area contributed by atoms with E-state index in [0.717, 1.165) is 0 Å². The molecule has 0 aromatic heterocycles. The zero-order valence-electron chi connectivity index (χ0n) is 5.33. The summed E-state index contributed by atoms with van der Waals surface area (Å²) in [6.45, 7) is 1.73. The van der Waals surface area contributed by atoms with Crippen molar-refractivity contribution < 1.29 is 10.2 Å². The highest BCUT2D eigenvalue weighted by Gasteiger charge is 2.11. The van der Waals surface area contributed by atoms with Gasteiger partial charge in [-0.15, -0.1) is 0 Å². The van der Waals surface area contributed by atoms with E-state index in [0.29, 0.717) is 12.0 Å². The summed E-state index contributed by atoms with van der Waals surface area (Å²) >= 11 is 0. The van der Waals surface area contributed by atoms with E-state index >= 15 is 0 Å². The van der Waals surface area contributed by atoms with Crippen molar-refractivity contribution in [3.8, 4) is 0 Å². The third-order valence-corrected chi connectivity index (χ3v) is 1.54. The molecule has 9 heavy (non-hydrogen) atoms. The Morgan fingerprint density at radius 1 is 1.67 bits per heavy atom. The van der Waals surface area contributed by atoms with Crippen LogP contribution in [0.25, 0.3) is 0 Å². The van der Waals surface area contributed by atoms with Crippen LogP contribution < -0.4 is 0 Å². The molecule has 1 unspecified atom stereocenters. The molecular weight excluding hydrogens is 116 g/mol. The van der Waals surface area contributed by atoms with Gasteiger partial charge in [-0.05, 0) is 25.0 Å². The van der Waals surface area contributed by atoms with Crippen LogP contribution in [0.5, 0.6) is 0 Å². The average Bonchev–Trinajstić information content (AvgIpc) is 1.83. The van der Waals surface area contributed by atoms with E-state index in [4.69, 9.17) is 10.2 Å². The van der Waals surface area contributed by atoms with Crippen LogP contribution in [0.15, 0.2) is 23.5 Å². The molecule has 0 amide bonds. The molecule has 0 aliphatic heterocycles. The molecule has 2 nitrogen and oxygen atoms in total. The smallest absolute Gasteiger partial charge is 0.116 e. The van der Waals surface area contributed by atoms with Gasteiger partial charge in [-0.3, -0.25) is 0 Å². The van der Waals surface area contributed by atoms with E-state index in [9.17, 15) is 0 Å². The largest absolute Gasteiger partial charge is 0.508 e. The first-order valence-electron chi connectivity index (χ1n) is 2.96. The SMILES string of the molecule is CC1=C(O)C=CCC1O. The van der Waals surface area contributed by atoms with Crippen molar-refractivity contribution in [2.45, 2.75) is 19.4 Å².